The van der Waals surface area contributed by atoms with Gasteiger partial charge in [0.2, 0.25) is 5.16 Å². The van der Waals surface area contributed by atoms with Crippen molar-refractivity contribution in [3.63, 3.8) is 0 Å². The Morgan fingerprint density at radius 2 is 1.89 bits per heavy atom. The van der Waals surface area contributed by atoms with E-state index in [1.165, 1.54) is 10.9 Å². The zero-order chi connectivity index (χ0) is 18.2. The van der Waals surface area contributed by atoms with Crippen molar-refractivity contribution in [1.29, 1.82) is 0 Å². The van der Waals surface area contributed by atoms with Crippen molar-refractivity contribution in [2.24, 2.45) is 10.8 Å². The molecule has 0 bridgehead atoms. The predicted molar refractivity (Wildman–Crippen MR) is 108 cm³/mol. The molecule has 2 aromatic heterocycles. The van der Waals surface area contributed by atoms with E-state index in [4.69, 9.17) is 10.8 Å². The second-order valence-electron chi connectivity index (χ2n) is 6.52. The van der Waals surface area contributed by atoms with Gasteiger partial charge in [-0.2, -0.15) is 9.78 Å². The Kier molecular flexibility index (Phi) is 4.03. The number of nitrogens with one attached hydrogen (secondary N) is 1. The minimum absolute atomic E-state index is 0.287. The van der Waals surface area contributed by atoms with E-state index in [9.17, 15) is 0 Å². The highest BCUT2D eigenvalue weighted by atomic mass is 32.2. The van der Waals surface area contributed by atoms with Crippen LogP contribution in [-0.4, -0.2) is 31.3 Å². The number of para-hydroxylation sites is 1. The molecular weight excluding hydrogens is 356 g/mol. The summed E-state index contributed by atoms with van der Waals surface area (Å²) in [7, 11) is 0. The Morgan fingerprint density at radius 1 is 1.07 bits per heavy atom. The monoisotopic (exact) mass is 374 g/mol. The lowest BCUT2D eigenvalue weighted by molar-refractivity contribution is 0.608. The van der Waals surface area contributed by atoms with Crippen LogP contribution in [0.5, 0.6) is 0 Å². The number of thioether (sulfide) groups is 1. The molecule has 1 aliphatic heterocycles. The highest BCUT2D eigenvalue weighted by Crippen LogP contribution is 2.28. The predicted octanol–water partition coefficient (Wildman–Crippen LogP) is 3.36. The molecule has 2 aromatic carbocycles. The third kappa shape index (κ3) is 2.94. The molecule has 5 rings (SSSR count). The molecule has 6 nitrogen and oxygen atoms in total. The second-order valence-corrected chi connectivity index (χ2v) is 7.47. The Balaban J connectivity index is 1.47. The van der Waals surface area contributed by atoms with Gasteiger partial charge < -0.3 is 10.7 Å². The Hall–Kier alpha value is -2.90. The van der Waals surface area contributed by atoms with E-state index in [0.717, 1.165) is 27.7 Å². The van der Waals surface area contributed by atoms with Crippen LogP contribution in [0.15, 0.2) is 71.1 Å². The quantitative estimate of drug-likeness (QED) is 0.574. The highest BCUT2D eigenvalue weighted by molar-refractivity contribution is 7.99. The maximum atomic E-state index is 6.51. The smallest absolute Gasteiger partial charge is 0.212 e. The van der Waals surface area contributed by atoms with Gasteiger partial charge in [0.25, 0.3) is 0 Å². The summed E-state index contributed by atoms with van der Waals surface area (Å²) >= 11 is 1.64. The summed E-state index contributed by atoms with van der Waals surface area (Å²) in [4.78, 5) is 3.30. The van der Waals surface area contributed by atoms with E-state index in [1.807, 2.05) is 36.5 Å². The topological polar surface area (TPSA) is 84.9 Å². The maximum Gasteiger partial charge on any atom is 0.212 e. The first-order valence-corrected chi connectivity index (χ1v) is 9.80. The zero-order valence-electron chi connectivity index (χ0n) is 14.5. The molecule has 0 spiro atoms. The molecule has 0 radical (unpaired) electrons. The third-order valence-electron chi connectivity index (χ3n) is 4.75. The van der Waals surface area contributed by atoms with Crippen molar-refractivity contribution in [2.45, 2.75) is 17.6 Å². The van der Waals surface area contributed by atoms with E-state index in [1.54, 1.807) is 16.4 Å². The molecule has 1 unspecified atom stereocenters. The molecule has 134 valence electrons. The lowest BCUT2D eigenvalue weighted by atomic mass is 10.1. The van der Waals surface area contributed by atoms with Gasteiger partial charge in [-0.25, -0.2) is 0 Å². The van der Waals surface area contributed by atoms with Crippen LogP contribution in [0.3, 0.4) is 0 Å². The first-order valence-electron chi connectivity index (χ1n) is 8.81. The minimum Gasteiger partial charge on any atom is -0.361 e. The Morgan fingerprint density at radius 3 is 2.78 bits per heavy atom. The van der Waals surface area contributed by atoms with Crippen molar-refractivity contribution in [3.05, 3.63) is 77.7 Å². The summed E-state index contributed by atoms with van der Waals surface area (Å²) in [5.41, 5.74) is 10.9. The van der Waals surface area contributed by atoms with Gasteiger partial charge in [0.15, 0.2) is 5.82 Å². The molecule has 3 heterocycles. The SMILES string of the molecule is NC(Cc1c[nH]c2ccccc12)c1nnc2n1N=C(c1ccccc1)CS2. The summed E-state index contributed by atoms with van der Waals surface area (Å²) in [5, 5.41) is 15.4. The molecule has 1 aliphatic rings. The second kappa shape index (κ2) is 6.68. The number of fused-ring (bicyclic) bond motifs is 2. The standard InChI is InChI=1S/C20H18N6S/c21-16(10-14-11-22-17-9-5-4-8-15(14)17)19-23-24-20-26(19)25-18(12-27-20)13-6-2-1-3-7-13/h1-9,11,16,22H,10,12,21H2. The molecule has 1 atom stereocenters. The van der Waals surface area contributed by atoms with Gasteiger partial charge in [-0.15, -0.1) is 10.2 Å². The molecular formula is C20H18N6S. The summed E-state index contributed by atoms with van der Waals surface area (Å²) in [6.07, 6.45) is 2.69. The molecule has 7 heteroatoms. The molecule has 4 aromatic rings. The number of nitrogens with two attached hydrogens (primary N) is 1. The number of aromatic nitrogens is 4. The Labute approximate surface area is 160 Å². The fourth-order valence-electron chi connectivity index (χ4n) is 3.37. The van der Waals surface area contributed by atoms with Gasteiger partial charge in [-0.1, -0.05) is 60.3 Å². The number of aromatic amines is 1. The molecule has 27 heavy (non-hydrogen) atoms. The number of H-pyrrole nitrogens is 1. The average Bonchev–Trinajstić information content (AvgIpc) is 3.32. The average molecular weight is 374 g/mol. The third-order valence-corrected chi connectivity index (χ3v) is 5.68. The van der Waals surface area contributed by atoms with Crippen LogP contribution in [-0.2, 0) is 6.42 Å². The molecule has 0 saturated carbocycles. The van der Waals surface area contributed by atoms with Gasteiger partial charge in [-0.05, 0) is 23.6 Å². The summed E-state index contributed by atoms with van der Waals surface area (Å²) in [6, 6.07) is 18.1. The number of rotatable bonds is 4. The molecule has 3 N–H and O–H groups in total. The fourth-order valence-corrected chi connectivity index (χ4v) is 4.22. The largest absolute Gasteiger partial charge is 0.361 e. The number of hydrogen-bond acceptors (Lipinski definition) is 5. The first kappa shape index (κ1) is 16.3. The van der Waals surface area contributed by atoms with Crippen molar-refractivity contribution < 1.29 is 0 Å². The van der Waals surface area contributed by atoms with Gasteiger partial charge in [0, 0.05) is 22.9 Å². The number of nitrogens with zero attached hydrogens (tertiary/aromatic N) is 4. The van der Waals surface area contributed by atoms with Gasteiger partial charge in [0.05, 0.1) is 11.8 Å². The minimum atomic E-state index is -0.287. The highest BCUT2D eigenvalue weighted by Gasteiger charge is 2.24. The maximum absolute atomic E-state index is 6.51. The van der Waals surface area contributed by atoms with Gasteiger partial charge in [-0.3, -0.25) is 0 Å². The van der Waals surface area contributed by atoms with E-state index in [2.05, 4.69) is 39.4 Å². The van der Waals surface area contributed by atoms with Crippen LogP contribution in [0.4, 0.5) is 0 Å². The Bertz CT molecular complexity index is 1130. The van der Waals surface area contributed by atoms with Crippen molar-refractivity contribution >= 4 is 28.4 Å². The van der Waals surface area contributed by atoms with Crippen LogP contribution in [0.25, 0.3) is 10.9 Å². The summed E-state index contributed by atoms with van der Waals surface area (Å²) in [6.45, 7) is 0. The number of hydrogen-bond donors (Lipinski definition) is 2. The summed E-state index contributed by atoms with van der Waals surface area (Å²) < 4.78 is 1.80. The zero-order valence-corrected chi connectivity index (χ0v) is 15.4. The lowest BCUT2D eigenvalue weighted by Gasteiger charge is -2.16. The molecule has 0 aliphatic carbocycles. The van der Waals surface area contributed by atoms with E-state index >= 15 is 0 Å². The van der Waals surface area contributed by atoms with Gasteiger partial charge in [0.1, 0.15) is 0 Å². The summed E-state index contributed by atoms with van der Waals surface area (Å²) in [5.74, 6) is 1.47. The van der Waals surface area contributed by atoms with Crippen LogP contribution in [0.1, 0.15) is 23.0 Å². The van der Waals surface area contributed by atoms with E-state index < -0.39 is 0 Å². The van der Waals surface area contributed by atoms with Crippen molar-refractivity contribution in [2.75, 3.05) is 5.75 Å². The lowest BCUT2D eigenvalue weighted by Crippen LogP contribution is -2.21. The molecule has 0 fully saturated rings. The van der Waals surface area contributed by atoms with Gasteiger partial charge >= 0.3 is 0 Å². The van der Waals surface area contributed by atoms with Crippen LogP contribution in [0, 0.1) is 0 Å². The van der Waals surface area contributed by atoms with Crippen molar-refractivity contribution in [1.82, 2.24) is 19.9 Å². The van der Waals surface area contributed by atoms with Crippen LogP contribution < -0.4 is 5.73 Å². The normalized spacial score (nSPS) is 14.8. The van der Waals surface area contributed by atoms with E-state index in [0.29, 0.717) is 12.2 Å². The van der Waals surface area contributed by atoms with Crippen LogP contribution in [0.2, 0.25) is 0 Å². The fraction of sp³-hybridized carbons (Fsp3) is 0.150. The van der Waals surface area contributed by atoms with Crippen molar-refractivity contribution in [3.8, 4) is 0 Å². The number of benzene rings is 2. The van der Waals surface area contributed by atoms with Crippen LogP contribution >= 0.6 is 11.8 Å². The molecule has 0 amide bonds. The molecule has 0 saturated heterocycles. The van der Waals surface area contributed by atoms with E-state index in [-0.39, 0.29) is 6.04 Å². The first-order chi connectivity index (χ1) is 13.3.